The van der Waals surface area contributed by atoms with Crippen molar-refractivity contribution in [2.45, 2.75) is 111 Å². The lowest BCUT2D eigenvalue weighted by Crippen LogP contribution is -2.54. The number of hydrogen-bond acceptors (Lipinski definition) is 2. The van der Waals surface area contributed by atoms with Crippen molar-refractivity contribution >= 4 is 0 Å². The number of fused-ring (bicyclic) bond motifs is 5. The molecule has 2 heteroatoms. The molecule has 2 nitrogen and oxygen atoms in total. The second-order valence-electron chi connectivity index (χ2n) is 14.0. The summed E-state index contributed by atoms with van der Waals surface area (Å²) in [6.45, 7) is 17.7. The Morgan fingerprint density at radius 1 is 0.970 bits per heavy atom. The zero-order valence-electron chi connectivity index (χ0n) is 22.7. The van der Waals surface area contributed by atoms with Gasteiger partial charge in [-0.15, -0.1) is 0 Å². The van der Waals surface area contributed by atoms with Crippen LogP contribution in [0.5, 0.6) is 0 Å². The van der Waals surface area contributed by atoms with E-state index < -0.39 is 0 Å². The van der Waals surface area contributed by atoms with Crippen molar-refractivity contribution in [2.24, 2.45) is 46.3 Å². The summed E-state index contributed by atoms with van der Waals surface area (Å²) < 4.78 is 0. The molecule has 0 aromatic rings. The topological polar surface area (TPSA) is 15.3 Å². The van der Waals surface area contributed by atoms with Crippen LogP contribution >= 0.6 is 0 Å². The molecular formula is C31H54N2. The molecule has 5 rings (SSSR count). The molecule has 0 amide bonds. The second kappa shape index (κ2) is 9.61. The van der Waals surface area contributed by atoms with E-state index in [1.807, 2.05) is 5.57 Å². The Hall–Kier alpha value is -0.340. The maximum Gasteiger partial charge on any atom is 0.0134 e. The molecule has 1 heterocycles. The van der Waals surface area contributed by atoms with Crippen LogP contribution in [0.2, 0.25) is 0 Å². The zero-order valence-corrected chi connectivity index (χ0v) is 22.7. The van der Waals surface area contributed by atoms with E-state index in [9.17, 15) is 0 Å². The molecular weight excluding hydrogens is 400 g/mol. The first-order valence-corrected chi connectivity index (χ1v) is 15.0. The summed E-state index contributed by atoms with van der Waals surface area (Å²) in [7, 11) is 0. The maximum atomic E-state index is 3.55. The predicted octanol–water partition coefficient (Wildman–Crippen LogP) is 7.30. The monoisotopic (exact) mass is 454 g/mol. The van der Waals surface area contributed by atoms with Crippen LogP contribution in [-0.2, 0) is 0 Å². The van der Waals surface area contributed by atoms with E-state index >= 15 is 0 Å². The molecule has 3 saturated carbocycles. The SMILES string of the molecule is CC(C)CCC[C@@H](C)[C@H]1CC[C@H]2[C@@H]3CC=C4C[C@@H](N5CCNCC5)CC[C@]4(C)[C@H]3CC[C@]12C. The van der Waals surface area contributed by atoms with Crippen LogP contribution in [0.1, 0.15) is 105 Å². The third-order valence-electron chi connectivity index (χ3n) is 11.9. The number of hydrogen-bond donors (Lipinski definition) is 1. The van der Waals surface area contributed by atoms with Gasteiger partial charge in [-0.25, -0.2) is 0 Å². The van der Waals surface area contributed by atoms with E-state index in [0.29, 0.717) is 10.8 Å². The van der Waals surface area contributed by atoms with Gasteiger partial charge in [-0.3, -0.25) is 4.90 Å². The molecule has 188 valence electrons. The van der Waals surface area contributed by atoms with Gasteiger partial charge in [0.2, 0.25) is 0 Å². The van der Waals surface area contributed by atoms with Crippen molar-refractivity contribution in [1.82, 2.24) is 10.2 Å². The van der Waals surface area contributed by atoms with Gasteiger partial charge >= 0.3 is 0 Å². The van der Waals surface area contributed by atoms with Crippen molar-refractivity contribution in [2.75, 3.05) is 26.2 Å². The number of nitrogens with zero attached hydrogens (tertiary/aromatic N) is 1. The summed E-state index contributed by atoms with van der Waals surface area (Å²) in [5.41, 5.74) is 3.01. The molecule has 0 radical (unpaired) electrons. The first kappa shape index (κ1) is 24.4. The highest BCUT2D eigenvalue weighted by Gasteiger charge is 2.59. The van der Waals surface area contributed by atoms with E-state index in [2.05, 4.69) is 50.9 Å². The van der Waals surface area contributed by atoms with Crippen molar-refractivity contribution in [3.8, 4) is 0 Å². The van der Waals surface area contributed by atoms with E-state index in [4.69, 9.17) is 0 Å². The fourth-order valence-electron chi connectivity index (χ4n) is 10.0. The summed E-state index contributed by atoms with van der Waals surface area (Å²) >= 11 is 0. The summed E-state index contributed by atoms with van der Waals surface area (Å²) in [5.74, 6) is 5.71. The molecule has 4 aliphatic carbocycles. The summed E-state index contributed by atoms with van der Waals surface area (Å²) in [5, 5.41) is 3.55. The molecule has 4 fully saturated rings. The minimum atomic E-state index is 0.510. The number of nitrogens with one attached hydrogen (secondary N) is 1. The lowest BCUT2D eigenvalue weighted by molar-refractivity contribution is -0.0549. The van der Waals surface area contributed by atoms with E-state index in [1.165, 1.54) is 96.8 Å². The van der Waals surface area contributed by atoms with Crippen LogP contribution in [0.15, 0.2) is 11.6 Å². The molecule has 5 aliphatic rings. The van der Waals surface area contributed by atoms with Crippen LogP contribution in [0, 0.1) is 46.3 Å². The number of piperazine rings is 1. The predicted molar refractivity (Wildman–Crippen MR) is 141 cm³/mol. The highest BCUT2D eigenvalue weighted by molar-refractivity contribution is 5.26. The Morgan fingerprint density at radius 2 is 1.76 bits per heavy atom. The van der Waals surface area contributed by atoms with Crippen LogP contribution in [0.4, 0.5) is 0 Å². The normalized spacial score (nSPS) is 44.7. The Bertz CT molecular complexity index is 706. The molecule has 0 aromatic carbocycles. The Labute approximate surface area is 205 Å². The molecule has 1 N–H and O–H groups in total. The molecule has 8 atom stereocenters. The van der Waals surface area contributed by atoms with Gasteiger partial charge in [-0.2, -0.15) is 0 Å². The maximum absolute atomic E-state index is 3.55. The first-order valence-electron chi connectivity index (χ1n) is 15.0. The fourth-order valence-corrected chi connectivity index (χ4v) is 10.0. The fraction of sp³-hybridized carbons (Fsp3) is 0.935. The summed E-state index contributed by atoms with van der Waals surface area (Å²) in [6, 6.07) is 0.819. The average molecular weight is 455 g/mol. The molecule has 1 saturated heterocycles. The summed E-state index contributed by atoms with van der Waals surface area (Å²) in [4.78, 5) is 2.81. The highest BCUT2D eigenvalue weighted by Crippen LogP contribution is 2.67. The third-order valence-corrected chi connectivity index (χ3v) is 11.9. The van der Waals surface area contributed by atoms with Crippen LogP contribution in [-0.4, -0.2) is 37.1 Å². The molecule has 0 bridgehead atoms. The summed E-state index contributed by atoms with van der Waals surface area (Å²) in [6.07, 6.45) is 18.9. The largest absolute Gasteiger partial charge is 0.314 e. The lowest BCUT2D eigenvalue weighted by atomic mass is 9.46. The Morgan fingerprint density at radius 3 is 2.52 bits per heavy atom. The lowest BCUT2D eigenvalue weighted by Gasteiger charge is -2.59. The number of allylic oxidation sites excluding steroid dienone is 1. The van der Waals surface area contributed by atoms with Gasteiger partial charge < -0.3 is 5.32 Å². The van der Waals surface area contributed by atoms with Gasteiger partial charge in [0.05, 0.1) is 0 Å². The second-order valence-corrected chi connectivity index (χ2v) is 14.0. The average Bonchev–Trinajstić information content (AvgIpc) is 3.16. The van der Waals surface area contributed by atoms with Crippen molar-refractivity contribution in [3.63, 3.8) is 0 Å². The van der Waals surface area contributed by atoms with Crippen LogP contribution < -0.4 is 5.32 Å². The standard InChI is InChI=1S/C31H54N2/c1-22(2)7-6-8-23(3)27-11-12-28-26-10-9-24-21-25(33-19-17-32-18-20-33)13-15-30(24,4)29(26)14-16-31(27,28)5/h9,22-23,25-29,32H,6-8,10-21H2,1-5H3/t23-,25+,26+,27-,28+,29+,30+,31-/m1/s1. The van der Waals surface area contributed by atoms with Crippen molar-refractivity contribution < 1.29 is 0 Å². The molecule has 33 heavy (non-hydrogen) atoms. The smallest absolute Gasteiger partial charge is 0.0134 e. The van der Waals surface area contributed by atoms with Gasteiger partial charge in [0.25, 0.3) is 0 Å². The molecule has 1 aliphatic heterocycles. The van der Waals surface area contributed by atoms with Crippen molar-refractivity contribution in [3.05, 3.63) is 11.6 Å². The molecule has 0 spiro atoms. The minimum Gasteiger partial charge on any atom is -0.314 e. The van der Waals surface area contributed by atoms with E-state index in [1.54, 1.807) is 0 Å². The van der Waals surface area contributed by atoms with Crippen molar-refractivity contribution in [1.29, 1.82) is 0 Å². The Balaban J connectivity index is 1.27. The van der Waals surface area contributed by atoms with Crippen LogP contribution in [0.25, 0.3) is 0 Å². The quantitative estimate of drug-likeness (QED) is 0.423. The Kier molecular flexibility index (Phi) is 7.09. The zero-order chi connectivity index (χ0) is 23.2. The number of rotatable bonds is 6. The van der Waals surface area contributed by atoms with E-state index in [-0.39, 0.29) is 0 Å². The van der Waals surface area contributed by atoms with Gasteiger partial charge in [-0.05, 0) is 97.7 Å². The van der Waals surface area contributed by atoms with E-state index in [0.717, 1.165) is 41.5 Å². The van der Waals surface area contributed by atoms with Gasteiger partial charge in [0.1, 0.15) is 0 Å². The van der Waals surface area contributed by atoms with Gasteiger partial charge in [-0.1, -0.05) is 65.5 Å². The van der Waals surface area contributed by atoms with Gasteiger partial charge in [0.15, 0.2) is 0 Å². The van der Waals surface area contributed by atoms with Crippen LogP contribution in [0.3, 0.4) is 0 Å². The molecule has 0 aromatic heterocycles. The third kappa shape index (κ3) is 4.39. The highest BCUT2D eigenvalue weighted by atomic mass is 15.2. The van der Waals surface area contributed by atoms with Gasteiger partial charge in [0, 0.05) is 32.2 Å². The first-order chi connectivity index (χ1) is 15.8. The molecule has 0 unspecified atom stereocenters. The minimum absolute atomic E-state index is 0.510.